The molecule has 0 saturated carbocycles. The third-order valence-corrected chi connectivity index (χ3v) is 10.5. The number of rotatable bonds is 0. The first-order valence-corrected chi connectivity index (χ1v) is 22.6. The van der Waals surface area contributed by atoms with Crippen molar-refractivity contribution in [3.8, 4) is 0 Å². The molecule has 6 heterocycles. The van der Waals surface area contributed by atoms with Crippen molar-refractivity contribution in [2.75, 3.05) is 0 Å². The van der Waals surface area contributed by atoms with Gasteiger partial charge in [-0.15, -0.1) is 11.4 Å². The van der Waals surface area contributed by atoms with Gasteiger partial charge in [0.1, 0.15) is 0 Å². The Morgan fingerprint density at radius 2 is 0.864 bits per heavy atom. The smallest absolute Gasteiger partial charge is 0.0267 e. The van der Waals surface area contributed by atoms with Crippen LogP contribution in [0.15, 0.2) is 123 Å². The fourth-order valence-corrected chi connectivity index (χ4v) is 6.42. The molecule has 0 unspecified atom stereocenters. The summed E-state index contributed by atoms with van der Waals surface area (Å²) in [5.41, 5.74) is 14.4. The number of hydrogen-bond acceptors (Lipinski definition) is 7. The standard InChI is InChI=1S/C42H42N8.C5H5N.2O.U/c1-25-17-33-34(18-26(25)2)44-22-30-10-14-38(48-30)42(7,8)40-16-12-32(50-40)24-46-36-20-28(4)27(3)19-35(36)45-23-31-11-15-39(49-31)41(5,6)37-13-9-29(47-37)21-43-33;1-2-4-6-5-3-1;;;/h9-24,47,49H,1-8H3;1-5H;;;/q-2;;;;+2. The van der Waals surface area contributed by atoms with Crippen molar-refractivity contribution in [1.29, 1.82) is 0 Å². The second-order valence-corrected chi connectivity index (χ2v) is 16.1. The number of aliphatic imine (C=N–C) groups is 4. The number of aromatic amines is 2. The minimum Gasteiger partial charge on any atom is -0.265 e. The minimum absolute atomic E-state index is 0.319. The van der Waals surface area contributed by atoms with E-state index in [-0.39, 0.29) is 5.41 Å². The van der Waals surface area contributed by atoms with Gasteiger partial charge in [-0.3, -0.25) is 25.0 Å². The third-order valence-electron chi connectivity index (χ3n) is 10.5. The van der Waals surface area contributed by atoms with E-state index in [1.165, 1.54) is 0 Å². The number of aromatic nitrogens is 5. The van der Waals surface area contributed by atoms with Crippen molar-refractivity contribution >= 4 is 47.6 Å². The zero-order chi connectivity index (χ0) is 42.2. The molecule has 11 nitrogen and oxygen atoms in total. The van der Waals surface area contributed by atoms with Crippen LogP contribution in [0.2, 0.25) is 0 Å². The van der Waals surface area contributed by atoms with Crippen LogP contribution in [0.3, 0.4) is 0 Å². The number of nitrogens with one attached hydrogen (secondary N) is 2. The monoisotopic (exact) mass is 1010 g/mol. The first kappa shape index (κ1) is 42.6. The van der Waals surface area contributed by atoms with Crippen LogP contribution in [0.1, 0.15) is 95.5 Å². The first-order chi connectivity index (χ1) is 28.3. The molecule has 1 aliphatic rings. The normalized spacial score (nSPS) is 13.8. The summed E-state index contributed by atoms with van der Waals surface area (Å²) in [6.07, 6.45) is 10.9. The Bertz CT molecular complexity index is 2350. The van der Waals surface area contributed by atoms with Gasteiger partial charge in [0.15, 0.2) is 0 Å². The van der Waals surface area contributed by atoms with Crippen LogP contribution in [0.4, 0.5) is 22.7 Å². The average molecular weight is 1010 g/mol. The molecule has 5 aromatic heterocycles. The largest absolute Gasteiger partial charge is 0.265 e. The molecule has 0 fully saturated rings. The summed E-state index contributed by atoms with van der Waals surface area (Å²) < 4.78 is 17.2. The molecule has 7 aromatic rings. The predicted molar refractivity (Wildman–Crippen MR) is 232 cm³/mol. The Hall–Kier alpha value is -5.96. The van der Waals surface area contributed by atoms with Crippen LogP contribution in [-0.4, -0.2) is 39.8 Å². The van der Waals surface area contributed by atoms with E-state index in [2.05, 4.69) is 119 Å². The number of fused-ring (bicyclic) bond motifs is 10. The van der Waals surface area contributed by atoms with Gasteiger partial charge in [-0.25, -0.2) is 0 Å². The number of H-pyrrole nitrogens is 2. The van der Waals surface area contributed by atoms with Crippen LogP contribution in [0, 0.1) is 55.5 Å². The summed E-state index contributed by atoms with van der Waals surface area (Å²) in [6, 6.07) is 30.5. The van der Waals surface area contributed by atoms with E-state index in [1.807, 2.05) is 67.3 Å². The van der Waals surface area contributed by atoms with Gasteiger partial charge in [-0.05, 0) is 130 Å². The maximum absolute atomic E-state index is 8.58. The van der Waals surface area contributed by atoms with E-state index >= 15 is 0 Å². The van der Waals surface area contributed by atoms with Crippen LogP contribution >= 0.6 is 0 Å². The summed E-state index contributed by atoms with van der Waals surface area (Å²) in [4.78, 5) is 40.4. The molecule has 0 saturated heterocycles. The Morgan fingerprint density at radius 3 is 1.20 bits per heavy atom. The Kier molecular flexibility index (Phi) is 13.5. The van der Waals surface area contributed by atoms with E-state index in [1.54, 1.807) is 12.4 Å². The molecular weight excluding hydrogens is 961 g/mol. The van der Waals surface area contributed by atoms with Crippen LogP contribution in [0.5, 0.6) is 0 Å². The van der Waals surface area contributed by atoms with E-state index in [0.29, 0.717) is 0 Å². The molecule has 0 spiro atoms. The average Bonchev–Trinajstić information content (AvgIpc) is 4.06. The Balaban J connectivity index is 0.000000583. The van der Waals surface area contributed by atoms with E-state index in [9.17, 15) is 0 Å². The molecule has 2 N–H and O–H groups in total. The molecule has 8 bridgehead atoms. The van der Waals surface area contributed by atoms with Gasteiger partial charge in [0.05, 0.1) is 46.6 Å². The summed E-state index contributed by atoms with van der Waals surface area (Å²) in [7, 11) is 0. The van der Waals surface area contributed by atoms with Gasteiger partial charge in [-0.2, -0.15) is 11.4 Å². The predicted octanol–water partition coefficient (Wildman–Crippen LogP) is 10.3. The van der Waals surface area contributed by atoms with Crippen LogP contribution in [-0.2, 0) is 15.3 Å². The van der Waals surface area contributed by atoms with Crippen molar-refractivity contribution in [3.63, 3.8) is 0 Å². The fraction of sp³-hybridized carbons (Fsp3) is 0.213. The third kappa shape index (κ3) is 10.4. The minimum atomic E-state index is -2.51. The molecule has 0 radical (unpaired) electrons. The van der Waals surface area contributed by atoms with Gasteiger partial charge < -0.3 is 19.9 Å². The zero-order valence-electron chi connectivity index (χ0n) is 34.6. The molecule has 296 valence electrons. The summed E-state index contributed by atoms with van der Waals surface area (Å²) in [5.74, 6) is 0. The quantitative estimate of drug-likeness (QED) is 0.155. The fourth-order valence-electron chi connectivity index (χ4n) is 6.42. The molecule has 8 rings (SSSR count). The van der Waals surface area contributed by atoms with E-state index in [4.69, 9.17) is 34.4 Å². The summed E-state index contributed by atoms with van der Waals surface area (Å²) in [5, 5.41) is 0. The molecule has 0 amide bonds. The van der Waals surface area contributed by atoms with Gasteiger partial charge in [0.25, 0.3) is 0 Å². The topological polar surface area (TPSA) is 156 Å². The molecule has 2 aromatic carbocycles. The first-order valence-electron chi connectivity index (χ1n) is 19.2. The number of nitrogens with zero attached hydrogens (tertiary/aromatic N) is 7. The molecular formula is C47H47N9O2U. The maximum atomic E-state index is 8.58. The van der Waals surface area contributed by atoms with Crippen molar-refractivity contribution in [3.05, 3.63) is 171 Å². The van der Waals surface area contributed by atoms with Gasteiger partial charge in [0, 0.05) is 41.6 Å². The van der Waals surface area contributed by atoms with Crippen molar-refractivity contribution in [2.45, 2.75) is 66.2 Å². The van der Waals surface area contributed by atoms with E-state index < -0.39 is 33.2 Å². The molecule has 59 heavy (non-hydrogen) atoms. The van der Waals surface area contributed by atoms with Crippen LogP contribution < -0.4 is 9.97 Å². The summed E-state index contributed by atoms with van der Waals surface area (Å²) in [6.45, 7) is 17.0. The van der Waals surface area contributed by atoms with Crippen LogP contribution in [0.25, 0.3) is 0 Å². The number of benzene rings is 2. The van der Waals surface area contributed by atoms with Gasteiger partial charge in [-0.1, -0.05) is 44.2 Å². The van der Waals surface area contributed by atoms with Crippen molar-refractivity contribution in [1.82, 2.24) is 24.9 Å². The van der Waals surface area contributed by atoms with Crippen molar-refractivity contribution < 1.29 is 32.3 Å². The number of pyridine rings is 1. The Labute approximate surface area is 360 Å². The maximum Gasteiger partial charge on any atom is 0.0267 e. The Morgan fingerprint density at radius 1 is 0.492 bits per heavy atom. The van der Waals surface area contributed by atoms with E-state index in [0.717, 1.165) is 90.6 Å². The SMILES string of the molecule is Cc1cc2c(cc1C)N=Cc1ccc([nH]1)C(C)(C)c1ccc([nH]1)C=Nc1cc(C)c(C)cc1N=Cc1ccc([n-]1)C(C)(C)c1ccc([n-]1)C=N2.[O]=[U+2]=[O].c1ccncc1. The van der Waals surface area contributed by atoms with Crippen molar-refractivity contribution in [2.24, 2.45) is 20.0 Å². The summed E-state index contributed by atoms with van der Waals surface area (Å²) >= 11 is -2.51. The second kappa shape index (κ2) is 18.7. The van der Waals surface area contributed by atoms with Gasteiger partial charge >= 0.3 is 32.3 Å². The second-order valence-electron chi connectivity index (χ2n) is 15.4. The number of hydrogen-bond donors (Lipinski definition) is 2. The molecule has 12 heteroatoms. The number of aryl methyl sites for hydroxylation is 4. The molecule has 0 aliphatic carbocycles. The molecule has 0 atom stereocenters. The van der Waals surface area contributed by atoms with Gasteiger partial charge in [0.2, 0.25) is 0 Å². The molecule has 1 aliphatic heterocycles. The zero-order valence-corrected chi connectivity index (χ0v) is 38.7.